The van der Waals surface area contributed by atoms with Gasteiger partial charge in [0.05, 0.1) is 31.1 Å². The normalized spacial score (nSPS) is 18.1. The van der Waals surface area contributed by atoms with Crippen LogP contribution in [0.4, 0.5) is 17.2 Å². The second-order valence-corrected chi connectivity index (χ2v) is 13.5. The Kier molecular flexibility index (Phi) is 8.09. The Labute approximate surface area is 260 Å². The van der Waals surface area contributed by atoms with E-state index in [1.54, 1.807) is 29.6 Å². The predicted molar refractivity (Wildman–Crippen MR) is 176 cm³/mol. The standard InChI is InChI=1S/C33H36N6O2S2/c1-37(2)24-11-12-39(21-24)31-8-3-5-23(35-31)20-34-22-9-10-28-30(17-22)42-29-7-4-6-26(33(29)43-28)27-18-25(19-32(40)36-27)38-13-15-41-16-14-38/h3-10,17-19,24,34H,11-16,20-21H2,1-2H3,(H,36,40). The van der Waals surface area contributed by atoms with Crippen molar-refractivity contribution in [2.45, 2.75) is 38.6 Å². The van der Waals surface area contributed by atoms with E-state index < -0.39 is 0 Å². The van der Waals surface area contributed by atoms with E-state index >= 15 is 0 Å². The summed E-state index contributed by atoms with van der Waals surface area (Å²) in [6, 6.07) is 23.6. The number of nitrogens with one attached hydrogen (secondary N) is 2. The highest BCUT2D eigenvalue weighted by atomic mass is 32.2. The molecule has 2 fully saturated rings. The monoisotopic (exact) mass is 612 g/mol. The fraction of sp³-hybridized carbons (Fsp3) is 0.333. The Morgan fingerprint density at radius 3 is 2.65 bits per heavy atom. The minimum absolute atomic E-state index is 0.0839. The number of hydrogen-bond acceptors (Lipinski definition) is 9. The van der Waals surface area contributed by atoms with Gasteiger partial charge in [-0.15, -0.1) is 0 Å². The number of anilines is 3. The minimum atomic E-state index is -0.0839. The van der Waals surface area contributed by atoms with Crippen LogP contribution in [0.15, 0.2) is 91.1 Å². The van der Waals surface area contributed by atoms with Gasteiger partial charge < -0.3 is 29.7 Å². The van der Waals surface area contributed by atoms with Crippen molar-refractivity contribution < 1.29 is 4.74 Å². The molecule has 7 rings (SSSR count). The van der Waals surface area contributed by atoms with Gasteiger partial charge in [-0.25, -0.2) is 4.98 Å². The molecule has 43 heavy (non-hydrogen) atoms. The number of H-pyrrole nitrogens is 1. The zero-order valence-electron chi connectivity index (χ0n) is 24.5. The quantitative estimate of drug-likeness (QED) is 0.243. The molecule has 0 radical (unpaired) electrons. The van der Waals surface area contributed by atoms with E-state index in [1.165, 1.54) is 26.0 Å². The molecule has 0 amide bonds. The van der Waals surface area contributed by atoms with Crippen LogP contribution in [0.25, 0.3) is 11.3 Å². The third-order valence-corrected chi connectivity index (χ3v) is 10.9. The second kappa shape index (κ2) is 12.3. The molecule has 222 valence electrons. The minimum Gasteiger partial charge on any atom is -0.379 e. The van der Waals surface area contributed by atoms with Crippen molar-refractivity contribution in [2.75, 3.05) is 68.6 Å². The molecule has 2 saturated heterocycles. The van der Waals surface area contributed by atoms with E-state index in [-0.39, 0.29) is 5.56 Å². The fourth-order valence-corrected chi connectivity index (χ4v) is 8.32. The van der Waals surface area contributed by atoms with Crippen LogP contribution in [-0.4, -0.2) is 74.4 Å². The molecule has 0 saturated carbocycles. The summed E-state index contributed by atoms with van der Waals surface area (Å²) in [6.07, 6.45) is 1.17. The van der Waals surface area contributed by atoms with Gasteiger partial charge in [-0.05, 0) is 63.0 Å². The number of likely N-dealkylation sites (N-methyl/N-ethyl adjacent to an activating group) is 1. The van der Waals surface area contributed by atoms with E-state index in [4.69, 9.17) is 9.72 Å². The molecule has 1 atom stereocenters. The van der Waals surface area contributed by atoms with Crippen molar-refractivity contribution in [3.8, 4) is 11.3 Å². The van der Waals surface area contributed by atoms with Gasteiger partial charge in [0.2, 0.25) is 5.56 Å². The SMILES string of the molecule is CN(C)C1CCN(c2cccc(CNc3ccc4c(c3)Sc3cccc(-c5cc(N6CCOCC6)cc(=O)[nH]5)c3S4)n2)C1. The average Bonchev–Trinajstić information content (AvgIpc) is 3.54. The second-order valence-electron chi connectivity index (χ2n) is 11.4. The molecule has 2 aromatic carbocycles. The Balaban J connectivity index is 1.06. The highest BCUT2D eigenvalue weighted by Crippen LogP contribution is 2.52. The maximum atomic E-state index is 12.7. The zero-order valence-corrected chi connectivity index (χ0v) is 26.1. The first-order valence-corrected chi connectivity index (χ1v) is 16.4. The summed E-state index contributed by atoms with van der Waals surface area (Å²) in [6.45, 7) is 5.69. The van der Waals surface area contributed by atoms with Gasteiger partial charge in [-0.3, -0.25) is 4.79 Å². The van der Waals surface area contributed by atoms with Crippen LogP contribution >= 0.6 is 23.5 Å². The van der Waals surface area contributed by atoms with Crippen molar-refractivity contribution >= 4 is 40.7 Å². The Bertz CT molecular complexity index is 1690. The number of hydrogen-bond donors (Lipinski definition) is 2. The van der Waals surface area contributed by atoms with Crippen molar-refractivity contribution in [2.24, 2.45) is 0 Å². The van der Waals surface area contributed by atoms with Crippen LogP contribution in [0, 0.1) is 0 Å². The van der Waals surface area contributed by atoms with Crippen LogP contribution in [0.2, 0.25) is 0 Å². The molecule has 5 heterocycles. The number of morpholine rings is 1. The molecule has 0 bridgehead atoms. The van der Waals surface area contributed by atoms with E-state index in [9.17, 15) is 4.79 Å². The molecule has 0 spiro atoms. The first kappa shape index (κ1) is 28.3. The molecule has 10 heteroatoms. The van der Waals surface area contributed by atoms with Gasteiger partial charge in [0.25, 0.3) is 0 Å². The van der Waals surface area contributed by atoms with Crippen molar-refractivity contribution in [3.05, 3.63) is 82.8 Å². The summed E-state index contributed by atoms with van der Waals surface area (Å²) in [5, 5.41) is 3.60. The largest absolute Gasteiger partial charge is 0.379 e. The number of aromatic amines is 1. The van der Waals surface area contributed by atoms with Crippen LogP contribution < -0.4 is 20.7 Å². The lowest BCUT2D eigenvalue weighted by Gasteiger charge is -2.29. The molecule has 1 unspecified atom stereocenters. The van der Waals surface area contributed by atoms with E-state index in [0.29, 0.717) is 25.8 Å². The average molecular weight is 613 g/mol. The highest BCUT2D eigenvalue weighted by Gasteiger charge is 2.25. The van der Waals surface area contributed by atoms with Gasteiger partial charge in [0.15, 0.2) is 0 Å². The predicted octanol–water partition coefficient (Wildman–Crippen LogP) is 5.64. The van der Waals surface area contributed by atoms with Crippen LogP contribution in [0.3, 0.4) is 0 Å². The molecular formula is C33H36N6O2S2. The highest BCUT2D eigenvalue weighted by molar-refractivity contribution is 8.05. The molecule has 3 aliphatic rings. The van der Waals surface area contributed by atoms with E-state index in [2.05, 4.69) is 99.8 Å². The number of aromatic nitrogens is 2. The maximum Gasteiger partial charge on any atom is 0.250 e. The lowest BCUT2D eigenvalue weighted by molar-refractivity contribution is 0.122. The third-order valence-electron chi connectivity index (χ3n) is 8.33. The molecule has 2 aromatic heterocycles. The van der Waals surface area contributed by atoms with Gasteiger partial charge in [-0.1, -0.05) is 41.7 Å². The molecule has 3 aliphatic heterocycles. The summed E-state index contributed by atoms with van der Waals surface area (Å²) in [5.41, 5.74) is 4.88. The van der Waals surface area contributed by atoms with Gasteiger partial charge in [0.1, 0.15) is 5.82 Å². The summed E-state index contributed by atoms with van der Waals surface area (Å²) in [5.74, 6) is 1.06. The lowest BCUT2D eigenvalue weighted by Crippen LogP contribution is -2.36. The summed E-state index contributed by atoms with van der Waals surface area (Å²) in [7, 11) is 4.31. The fourth-order valence-electron chi connectivity index (χ4n) is 5.91. The topological polar surface area (TPSA) is 76.7 Å². The van der Waals surface area contributed by atoms with Crippen LogP contribution in [0.5, 0.6) is 0 Å². The lowest BCUT2D eigenvalue weighted by atomic mass is 10.1. The molecule has 0 aliphatic carbocycles. The van der Waals surface area contributed by atoms with Crippen molar-refractivity contribution in [1.29, 1.82) is 0 Å². The van der Waals surface area contributed by atoms with Gasteiger partial charge in [-0.2, -0.15) is 0 Å². The van der Waals surface area contributed by atoms with E-state index in [1.807, 2.05) is 0 Å². The van der Waals surface area contributed by atoms with Crippen LogP contribution in [-0.2, 0) is 11.3 Å². The first-order chi connectivity index (χ1) is 21.0. The summed E-state index contributed by atoms with van der Waals surface area (Å²) >= 11 is 3.55. The number of ether oxygens (including phenoxy) is 1. The zero-order chi connectivity index (χ0) is 29.3. The number of fused-ring (bicyclic) bond motifs is 2. The number of pyridine rings is 2. The molecule has 4 aromatic rings. The first-order valence-electron chi connectivity index (χ1n) is 14.8. The van der Waals surface area contributed by atoms with Gasteiger partial charge >= 0.3 is 0 Å². The smallest absolute Gasteiger partial charge is 0.250 e. The maximum absolute atomic E-state index is 12.7. The number of rotatable bonds is 7. The molecular weight excluding hydrogens is 577 g/mol. The summed E-state index contributed by atoms with van der Waals surface area (Å²) in [4.78, 5) is 32.5. The Morgan fingerprint density at radius 1 is 0.953 bits per heavy atom. The number of nitrogens with zero attached hydrogens (tertiary/aromatic N) is 4. The number of benzene rings is 2. The Morgan fingerprint density at radius 2 is 1.81 bits per heavy atom. The van der Waals surface area contributed by atoms with Gasteiger partial charge in [0, 0.05) is 74.8 Å². The molecule has 2 N–H and O–H groups in total. The molecule has 8 nitrogen and oxygen atoms in total. The Hall–Kier alpha value is -3.44. The van der Waals surface area contributed by atoms with E-state index in [0.717, 1.165) is 60.3 Å². The van der Waals surface area contributed by atoms with Crippen molar-refractivity contribution in [3.63, 3.8) is 0 Å². The third kappa shape index (κ3) is 6.15. The van der Waals surface area contributed by atoms with Crippen molar-refractivity contribution in [1.82, 2.24) is 14.9 Å². The van der Waals surface area contributed by atoms with Crippen LogP contribution in [0.1, 0.15) is 12.1 Å². The summed E-state index contributed by atoms with van der Waals surface area (Å²) < 4.78 is 5.51.